The largest absolute Gasteiger partial charge is 0.326 e. The molecule has 1 rings (SSSR count). The summed E-state index contributed by atoms with van der Waals surface area (Å²) in [5.41, 5.74) is 2.34. The molecule has 0 unspecified atom stereocenters. The number of H-pyrrole nitrogens is 1. The van der Waals surface area contributed by atoms with E-state index in [1.54, 1.807) is 0 Å². The minimum Gasteiger partial charge on any atom is -0.326 e. The molecule has 0 spiro atoms. The summed E-state index contributed by atoms with van der Waals surface area (Å²) in [4.78, 5) is 17.4. The van der Waals surface area contributed by atoms with Gasteiger partial charge < -0.3 is 4.98 Å². The molecule has 0 saturated carbocycles. The molecule has 0 atom stereocenters. The summed E-state index contributed by atoms with van der Waals surface area (Å²) in [6.07, 6.45) is 0. The van der Waals surface area contributed by atoms with E-state index in [-0.39, 0.29) is 12.1 Å². The van der Waals surface area contributed by atoms with Gasteiger partial charge in [-0.25, -0.2) is 0 Å². The molecule has 0 aliphatic rings. The van der Waals surface area contributed by atoms with Crippen molar-refractivity contribution >= 4 is 0 Å². The fourth-order valence-corrected chi connectivity index (χ4v) is 1.17. The summed E-state index contributed by atoms with van der Waals surface area (Å²) in [6, 6.07) is 1.90. The molecule has 1 heterocycles. The van der Waals surface area contributed by atoms with Gasteiger partial charge in [0, 0.05) is 5.69 Å². The Hall–Kier alpha value is -1.56. The molecule has 1 aromatic heterocycles. The predicted octanol–water partition coefficient (Wildman–Crippen LogP) is 1.45. The number of hydrogen-bond donors (Lipinski definition) is 1. The van der Waals surface area contributed by atoms with E-state index < -0.39 is 0 Å². The lowest BCUT2D eigenvalue weighted by Gasteiger charge is -1.97. The van der Waals surface area contributed by atoms with Crippen molar-refractivity contribution in [2.75, 3.05) is 0 Å². The number of nitrogens with zero attached hydrogens (tertiary/aromatic N) is 1. The summed E-state index contributed by atoms with van der Waals surface area (Å²) >= 11 is 0. The van der Waals surface area contributed by atoms with Gasteiger partial charge in [-0.15, -0.1) is 0 Å². The molecule has 0 saturated heterocycles. The fourth-order valence-electron chi connectivity index (χ4n) is 1.17. The first-order valence-electron chi connectivity index (χ1n) is 3.71. The number of aromatic nitrogens is 1. The lowest BCUT2D eigenvalue weighted by Crippen LogP contribution is -2.14. The second-order valence-corrected chi connectivity index (χ2v) is 2.78. The van der Waals surface area contributed by atoms with Gasteiger partial charge in [-0.05, 0) is 25.5 Å². The van der Waals surface area contributed by atoms with Crippen LogP contribution >= 0.6 is 0 Å². The third-order valence-electron chi connectivity index (χ3n) is 1.74. The molecule has 0 aliphatic carbocycles. The summed E-state index contributed by atoms with van der Waals surface area (Å²) in [6.45, 7) is 9.01. The number of rotatable bonds is 1. The zero-order valence-electron chi connectivity index (χ0n) is 7.22. The second-order valence-electron chi connectivity index (χ2n) is 2.78. The maximum Gasteiger partial charge on any atom is 0.293 e. The highest BCUT2D eigenvalue weighted by molar-refractivity contribution is 5.25. The SMILES string of the molecule is C#[N+]Cc1c(C)cc(C)[nH]c1=O. The summed E-state index contributed by atoms with van der Waals surface area (Å²) in [5, 5.41) is 0. The van der Waals surface area contributed by atoms with Gasteiger partial charge in [-0.3, -0.25) is 4.79 Å². The van der Waals surface area contributed by atoms with Crippen LogP contribution in [-0.4, -0.2) is 4.98 Å². The van der Waals surface area contributed by atoms with Crippen LogP contribution in [0.15, 0.2) is 10.9 Å². The Kier molecular flexibility index (Phi) is 2.29. The molecule has 3 nitrogen and oxygen atoms in total. The molecule has 0 aromatic carbocycles. The van der Waals surface area contributed by atoms with E-state index in [0.717, 1.165) is 11.3 Å². The molecule has 62 valence electrons. The van der Waals surface area contributed by atoms with Crippen LogP contribution in [0.25, 0.3) is 4.85 Å². The van der Waals surface area contributed by atoms with Crippen LogP contribution in [0.1, 0.15) is 16.8 Å². The van der Waals surface area contributed by atoms with Crippen molar-refractivity contribution in [2.24, 2.45) is 0 Å². The fraction of sp³-hybridized carbons (Fsp3) is 0.333. The molecule has 0 aliphatic heterocycles. The molecular formula is C9H11N2O+. The van der Waals surface area contributed by atoms with E-state index in [1.165, 1.54) is 0 Å². The molecule has 1 aromatic rings. The lowest BCUT2D eigenvalue weighted by molar-refractivity contribution is 1.04. The van der Waals surface area contributed by atoms with Crippen molar-refractivity contribution in [1.29, 1.82) is 0 Å². The van der Waals surface area contributed by atoms with Crippen molar-refractivity contribution in [3.63, 3.8) is 0 Å². The van der Waals surface area contributed by atoms with Crippen molar-refractivity contribution in [1.82, 2.24) is 4.98 Å². The number of aromatic amines is 1. The molecule has 0 bridgehead atoms. The Bertz CT molecular complexity index is 384. The number of hydrogen-bond acceptors (Lipinski definition) is 1. The van der Waals surface area contributed by atoms with E-state index in [1.807, 2.05) is 19.9 Å². The molecule has 0 amide bonds. The third kappa shape index (κ3) is 1.54. The number of pyridine rings is 1. The van der Waals surface area contributed by atoms with Crippen LogP contribution in [0.4, 0.5) is 0 Å². The minimum atomic E-state index is -0.0956. The normalized spacial score (nSPS) is 9.42. The Morgan fingerprint density at radius 1 is 1.58 bits per heavy atom. The number of nitrogens with one attached hydrogen (secondary N) is 1. The minimum absolute atomic E-state index is 0.0956. The average Bonchev–Trinajstić information content (AvgIpc) is 1.96. The molecule has 12 heavy (non-hydrogen) atoms. The van der Waals surface area contributed by atoms with Crippen molar-refractivity contribution < 1.29 is 0 Å². The van der Waals surface area contributed by atoms with Crippen molar-refractivity contribution in [3.05, 3.63) is 38.1 Å². The van der Waals surface area contributed by atoms with Crippen LogP contribution in [-0.2, 0) is 6.54 Å². The molecule has 3 heteroatoms. The lowest BCUT2D eigenvalue weighted by atomic mass is 10.1. The smallest absolute Gasteiger partial charge is 0.293 e. The van der Waals surface area contributed by atoms with Crippen molar-refractivity contribution in [2.45, 2.75) is 20.4 Å². The Morgan fingerprint density at radius 3 is 2.75 bits per heavy atom. The van der Waals surface area contributed by atoms with Gasteiger partial charge in [0.15, 0.2) is 0 Å². The first-order chi connectivity index (χ1) is 5.65. The third-order valence-corrected chi connectivity index (χ3v) is 1.74. The average molecular weight is 163 g/mol. The zero-order valence-corrected chi connectivity index (χ0v) is 7.22. The van der Waals surface area contributed by atoms with E-state index >= 15 is 0 Å². The van der Waals surface area contributed by atoms with Gasteiger partial charge in [0.05, 0.1) is 0 Å². The van der Waals surface area contributed by atoms with Gasteiger partial charge in [-0.1, -0.05) is 4.85 Å². The predicted molar refractivity (Wildman–Crippen MR) is 48.5 cm³/mol. The van der Waals surface area contributed by atoms with Gasteiger partial charge in [0.2, 0.25) is 0 Å². The molecule has 0 radical (unpaired) electrons. The zero-order chi connectivity index (χ0) is 9.14. The topological polar surface area (TPSA) is 37.2 Å². The standard InChI is InChI=1S/C9H10N2O/c1-6-4-7(2)11-9(12)8(6)5-10-3/h3-4H,5H2,1-2H3/p+1. The van der Waals surface area contributed by atoms with Crippen molar-refractivity contribution in [3.8, 4) is 6.57 Å². The van der Waals surface area contributed by atoms with Crippen LogP contribution in [0, 0.1) is 20.4 Å². The van der Waals surface area contributed by atoms with E-state index in [0.29, 0.717) is 5.56 Å². The van der Waals surface area contributed by atoms with Gasteiger partial charge in [0.25, 0.3) is 18.7 Å². The van der Waals surface area contributed by atoms with Gasteiger partial charge in [-0.2, -0.15) is 0 Å². The van der Waals surface area contributed by atoms with Gasteiger partial charge in [0.1, 0.15) is 5.56 Å². The van der Waals surface area contributed by atoms with Gasteiger partial charge >= 0.3 is 0 Å². The second kappa shape index (κ2) is 3.22. The highest BCUT2D eigenvalue weighted by Crippen LogP contribution is 2.03. The Morgan fingerprint density at radius 2 is 2.25 bits per heavy atom. The monoisotopic (exact) mass is 163 g/mol. The molecular weight excluding hydrogens is 152 g/mol. The highest BCUT2D eigenvalue weighted by Gasteiger charge is 2.07. The Labute approximate surface area is 70.9 Å². The van der Waals surface area contributed by atoms with Crippen LogP contribution in [0.2, 0.25) is 0 Å². The van der Waals surface area contributed by atoms with E-state index in [2.05, 4.69) is 9.83 Å². The first-order valence-corrected chi connectivity index (χ1v) is 3.71. The highest BCUT2D eigenvalue weighted by atomic mass is 16.1. The van der Waals surface area contributed by atoms with Crippen LogP contribution < -0.4 is 5.56 Å². The summed E-state index contributed by atoms with van der Waals surface area (Å²) < 4.78 is 0. The maximum absolute atomic E-state index is 11.3. The van der Waals surface area contributed by atoms with E-state index in [9.17, 15) is 4.79 Å². The van der Waals surface area contributed by atoms with Crippen LogP contribution in [0.5, 0.6) is 0 Å². The molecule has 0 fully saturated rings. The maximum atomic E-state index is 11.3. The number of aryl methyl sites for hydroxylation is 2. The Balaban J connectivity index is 3.31. The van der Waals surface area contributed by atoms with E-state index in [4.69, 9.17) is 6.57 Å². The molecule has 1 N–H and O–H groups in total. The van der Waals surface area contributed by atoms with Crippen LogP contribution in [0.3, 0.4) is 0 Å². The summed E-state index contributed by atoms with van der Waals surface area (Å²) in [5.74, 6) is 0. The summed E-state index contributed by atoms with van der Waals surface area (Å²) in [7, 11) is 0. The first kappa shape index (κ1) is 8.54. The quantitative estimate of drug-likeness (QED) is 0.668.